The molecule has 124 valence electrons. The highest BCUT2D eigenvalue weighted by molar-refractivity contribution is 6.32. The molecule has 0 radical (unpaired) electrons. The molecule has 0 bridgehead atoms. The zero-order valence-corrected chi connectivity index (χ0v) is 14.0. The zero-order chi connectivity index (χ0) is 16.4. The van der Waals surface area contributed by atoms with E-state index in [0.717, 1.165) is 5.56 Å². The van der Waals surface area contributed by atoms with E-state index in [9.17, 15) is 4.79 Å². The van der Waals surface area contributed by atoms with Gasteiger partial charge in [0.25, 0.3) is 0 Å². The Labute approximate surface area is 140 Å². The third-order valence-corrected chi connectivity index (χ3v) is 4.21. The van der Waals surface area contributed by atoms with Gasteiger partial charge in [-0.3, -0.25) is 4.79 Å². The number of hydrogen-bond donors (Lipinski definition) is 0. The van der Waals surface area contributed by atoms with Crippen LogP contribution in [0.2, 0.25) is 5.02 Å². The maximum absolute atomic E-state index is 12.4. The summed E-state index contributed by atoms with van der Waals surface area (Å²) in [4.78, 5) is 14.2. The van der Waals surface area contributed by atoms with E-state index in [4.69, 9.17) is 25.8 Å². The number of amides is 1. The van der Waals surface area contributed by atoms with Gasteiger partial charge in [-0.1, -0.05) is 11.6 Å². The number of carbonyl (C=O) groups is 1. The van der Waals surface area contributed by atoms with E-state index in [1.807, 2.05) is 24.8 Å². The summed E-state index contributed by atoms with van der Waals surface area (Å²) >= 11 is 6.20. The highest BCUT2D eigenvalue weighted by Crippen LogP contribution is 2.38. The van der Waals surface area contributed by atoms with Gasteiger partial charge in [-0.15, -0.1) is 0 Å². The van der Waals surface area contributed by atoms with Crippen molar-refractivity contribution in [1.29, 1.82) is 0 Å². The second-order valence-corrected chi connectivity index (χ2v) is 6.25. The molecule has 3 rings (SSSR count). The fourth-order valence-corrected chi connectivity index (χ4v) is 2.97. The SMILES string of the molecule is CC1CN(C(=O)/C=C/c2cc(Cl)c3c(c2)OCCO3)C(C)CO1. The molecule has 1 aromatic carbocycles. The third-order valence-electron chi connectivity index (χ3n) is 3.93. The van der Waals surface area contributed by atoms with Crippen LogP contribution in [0, 0.1) is 0 Å². The zero-order valence-electron chi connectivity index (χ0n) is 13.3. The minimum Gasteiger partial charge on any atom is -0.486 e. The fourth-order valence-electron chi connectivity index (χ4n) is 2.70. The molecule has 6 heteroatoms. The molecule has 2 heterocycles. The molecule has 0 aromatic heterocycles. The lowest BCUT2D eigenvalue weighted by atomic mass is 10.1. The van der Waals surface area contributed by atoms with Gasteiger partial charge in [0.05, 0.1) is 23.8 Å². The van der Waals surface area contributed by atoms with Crippen molar-refractivity contribution < 1.29 is 19.0 Å². The van der Waals surface area contributed by atoms with Gasteiger partial charge in [0, 0.05) is 12.6 Å². The molecular formula is C17H20ClNO4. The Morgan fingerprint density at radius 2 is 2.09 bits per heavy atom. The van der Waals surface area contributed by atoms with Crippen LogP contribution in [0.4, 0.5) is 0 Å². The third kappa shape index (κ3) is 3.62. The first kappa shape index (κ1) is 16.1. The molecule has 0 spiro atoms. The van der Waals surface area contributed by atoms with Gasteiger partial charge in [-0.25, -0.2) is 0 Å². The molecule has 0 N–H and O–H groups in total. The van der Waals surface area contributed by atoms with Crippen LogP contribution in [0.5, 0.6) is 11.5 Å². The van der Waals surface area contributed by atoms with Crippen molar-refractivity contribution in [3.05, 3.63) is 28.8 Å². The second kappa shape index (κ2) is 6.81. The molecule has 5 nitrogen and oxygen atoms in total. The van der Waals surface area contributed by atoms with Gasteiger partial charge < -0.3 is 19.1 Å². The molecule has 0 aliphatic carbocycles. The number of carbonyl (C=O) groups excluding carboxylic acids is 1. The number of nitrogens with zero attached hydrogens (tertiary/aromatic N) is 1. The molecule has 2 aliphatic rings. The molecule has 2 atom stereocenters. The Balaban J connectivity index is 1.74. The first-order valence-corrected chi connectivity index (χ1v) is 8.12. The van der Waals surface area contributed by atoms with E-state index in [-0.39, 0.29) is 18.1 Å². The number of ether oxygens (including phenoxy) is 3. The van der Waals surface area contributed by atoms with Gasteiger partial charge in [-0.05, 0) is 37.6 Å². The molecule has 1 saturated heterocycles. The molecule has 1 fully saturated rings. The first-order chi connectivity index (χ1) is 11.0. The van der Waals surface area contributed by atoms with Crippen molar-refractivity contribution in [2.75, 3.05) is 26.4 Å². The number of fused-ring (bicyclic) bond motifs is 1. The lowest BCUT2D eigenvalue weighted by molar-refractivity contribution is -0.137. The smallest absolute Gasteiger partial charge is 0.246 e. The Hall–Kier alpha value is -1.72. The fraction of sp³-hybridized carbons (Fsp3) is 0.471. The van der Waals surface area contributed by atoms with E-state index in [1.165, 1.54) is 0 Å². The Kier molecular flexibility index (Phi) is 4.78. The Morgan fingerprint density at radius 3 is 2.91 bits per heavy atom. The Bertz CT molecular complexity index is 631. The molecular weight excluding hydrogens is 318 g/mol. The van der Waals surface area contributed by atoms with Gasteiger partial charge in [0.15, 0.2) is 11.5 Å². The number of benzene rings is 1. The lowest BCUT2D eigenvalue weighted by Crippen LogP contribution is -2.49. The van der Waals surface area contributed by atoms with Crippen molar-refractivity contribution in [2.45, 2.75) is 26.0 Å². The van der Waals surface area contributed by atoms with Crippen LogP contribution >= 0.6 is 11.6 Å². The van der Waals surface area contributed by atoms with Crippen LogP contribution in [0.25, 0.3) is 6.08 Å². The maximum atomic E-state index is 12.4. The number of rotatable bonds is 2. The number of halogens is 1. The number of hydrogen-bond acceptors (Lipinski definition) is 4. The summed E-state index contributed by atoms with van der Waals surface area (Å²) in [7, 11) is 0. The van der Waals surface area contributed by atoms with E-state index in [0.29, 0.717) is 42.9 Å². The van der Waals surface area contributed by atoms with E-state index >= 15 is 0 Å². The van der Waals surface area contributed by atoms with Crippen LogP contribution < -0.4 is 9.47 Å². The van der Waals surface area contributed by atoms with Gasteiger partial charge in [-0.2, -0.15) is 0 Å². The van der Waals surface area contributed by atoms with Crippen molar-refractivity contribution in [2.24, 2.45) is 0 Å². The summed E-state index contributed by atoms with van der Waals surface area (Å²) in [6, 6.07) is 3.67. The minimum absolute atomic E-state index is 0.0290. The maximum Gasteiger partial charge on any atom is 0.246 e. The average molecular weight is 338 g/mol. The normalized spacial score (nSPS) is 24.0. The van der Waals surface area contributed by atoms with E-state index < -0.39 is 0 Å². The highest BCUT2D eigenvalue weighted by Gasteiger charge is 2.26. The van der Waals surface area contributed by atoms with Gasteiger partial charge in [0.1, 0.15) is 13.2 Å². The van der Waals surface area contributed by atoms with Crippen LogP contribution in [-0.4, -0.2) is 49.3 Å². The molecule has 1 amide bonds. The summed E-state index contributed by atoms with van der Waals surface area (Å²) in [6.45, 7) is 6.12. The van der Waals surface area contributed by atoms with E-state index in [2.05, 4.69) is 0 Å². The van der Waals surface area contributed by atoms with Crippen LogP contribution in [0.15, 0.2) is 18.2 Å². The monoisotopic (exact) mass is 337 g/mol. The quantitative estimate of drug-likeness (QED) is 0.779. The average Bonchev–Trinajstić information content (AvgIpc) is 2.55. The highest BCUT2D eigenvalue weighted by atomic mass is 35.5. The molecule has 1 aromatic rings. The minimum atomic E-state index is -0.0290. The Morgan fingerprint density at radius 1 is 1.30 bits per heavy atom. The predicted molar refractivity (Wildman–Crippen MR) is 88.1 cm³/mol. The lowest BCUT2D eigenvalue weighted by Gasteiger charge is -2.36. The van der Waals surface area contributed by atoms with Gasteiger partial charge in [0.2, 0.25) is 5.91 Å². The van der Waals surface area contributed by atoms with Gasteiger partial charge >= 0.3 is 0 Å². The first-order valence-electron chi connectivity index (χ1n) is 7.74. The summed E-state index contributed by atoms with van der Waals surface area (Å²) < 4.78 is 16.6. The second-order valence-electron chi connectivity index (χ2n) is 5.84. The van der Waals surface area contributed by atoms with Crippen molar-refractivity contribution >= 4 is 23.6 Å². The standard InChI is InChI=1S/C17H20ClNO4/c1-11-10-23-12(2)9-19(11)16(20)4-3-13-7-14(18)17-15(8-13)21-5-6-22-17/h3-4,7-8,11-12H,5-6,9-10H2,1-2H3/b4-3+. The molecule has 0 saturated carbocycles. The number of morpholine rings is 1. The van der Waals surface area contributed by atoms with Crippen LogP contribution in [-0.2, 0) is 9.53 Å². The predicted octanol–water partition coefficient (Wildman–Crippen LogP) is 2.76. The molecule has 2 unspecified atom stereocenters. The summed E-state index contributed by atoms with van der Waals surface area (Å²) in [5.41, 5.74) is 0.807. The van der Waals surface area contributed by atoms with Crippen molar-refractivity contribution in [3.8, 4) is 11.5 Å². The van der Waals surface area contributed by atoms with Crippen molar-refractivity contribution in [3.63, 3.8) is 0 Å². The molecule has 2 aliphatic heterocycles. The topological polar surface area (TPSA) is 48.0 Å². The largest absolute Gasteiger partial charge is 0.486 e. The summed E-state index contributed by atoms with van der Waals surface area (Å²) in [5, 5.41) is 0.489. The van der Waals surface area contributed by atoms with E-state index in [1.54, 1.807) is 18.2 Å². The summed E-state index contributed by atoms with van der Waals surface area (Å²) in [6.07, 6.45) is 3.38. The van der Waals surface area contributed by atoms with Crippen molar-refractivity contribution in [1.82, 2.24) is 4.90 Å². The molecule has 23 heavy (non-hydrogen) atoms. The summed E-state index contributed by atoms with van der Waals surface area (Å²) in [5.74, 6) is 1.15. The van der Waals surface area contributed by atoms with Crippen LogP contribution in [0.1, 0.15) is 19.4 Å². The van der Waals surface area contributed by atoms with Crippen LogP contribution in [0.3, 0.4) is 0 Å².